The monoisotopic (exact) mass is 454 g/mol. The standard InChI is InChI=1S/C29H30N2O3/c1-19-8-7-9-22(14-19)12-13-31(29(33)25-10-5-6-11-27(25)34-4)18-24-17-23-15-20(2)21(3)16-26(23)30-28(24)32/h5-11,14-17H,12-13,18H2,1-4H3,(H,30,32). The van der Waals surface area contributed by atoms with E-state index in [4.69, 9.17) is 4.74 Å². The highest BCUT2D eigenvalue weighted by atomic mass is 16.5. The number of hydrogen-bond acceptors (Lipinski definition) is 3. The van der Waals surface area contributed by atoms with Crippen molar-refractivity contribution in [2.24, 2.45) is 0 Å². The molecule has 0 saturated heterocycles. The molecule has 0 atom stereocenters. The van der Waals surface area contributed by atoms with Gasteiger partial charge in [-0.3, -0.25) is 9.59 Å². The van der Waals surface area contributed by atoms with E-state index in [0.717, 1.165) is 27.6 Å². The lowest BCUT2D eigenvalue weighted by Gasteiger charge is -2.24. The number of benzene rings is 3. The Bertz CT molecular complexity index is 1400. The molecule has 0 aliphatic heterocycles. The van der Waals surface area contributed by atoms with Gasteiger partial charge in [-0.05, 0) is 79.6 Å². The fourth-order valence-electron chi connectivity index (χ4n) is 4.22. The summed E-state index contributed by atoms with van der Waals surface area (Å²) in [6.45, 7) is 6.82. The number of aromatic nitrogens is 1. The van der Waals surface area contributed by atoms with Gasteiger partial charge in [-0.1, -0.05) is 42.0 Å². The molecule has 174 valence electrons. The summed E-state index contributed by atoms with van der Waals surface area (Å²) in [5.74, 6) is 0.358. The SMILES string of the molecule is COc1ccccc1C(=O)N(CCc1cccc(C)c1)Cc1cc2cc(C)c(C)cc2[nH]c1=O. The van der Waals surface area contributed by atoms with Gasteiger partial charge in [-0.15, -0.1) is 0 Å². The van der Waals surface area contributed by atoms with Crippen molar-refractivity contribution >= 4 is 16.8 Å². The van der Waals surface area contributed by atoms with Crippen molar-refractivity contribution in [1.29, 1.82) is 0 Å². The molecule has 1 aromatic heterocycles. The van der Waals surface area contributed by atoms with Crippen molar-refractivity contribution in [1.82, 2.24) is 9.88 Å². The lowest BCUT2D eigenvalue weighted by Crippen LogP contribution is -2.34. The van der Waals surface area contributed by atoms with Gasteiger partial charge in [0, 0.05) is 17.6 Å². The quantitative estimate of drug-likeness (QED) is 0.410. The number of hydrogen-bond donors (Lipinski definition) is 1. The van der Waals surface area contributed by atoms with E-state index in [9.17, 15) is 9.59 Å². The van der Waals surface area contributed by atoms with Crippen molar-refractivity contribution in [3.05, 3.63) is 110 Å². The smallest absolute Gasteiger partial charge is 0.257 e. The van der Waals surface area contributed by atoms with Crippen LogP contribution in [0.2, 0.25) is 0 Å². The number of nitrogens with one attached hydrogen (secondary N) is 1. The van der Waals surface area contributed by atoms with Gasteiger partial charge in [0.15, 0.2) is 0 Å². The molecule has 0 spiro atoms. The second kappa shape index (κ2) is 9.96. The second-order valence-electron chi connectivity index (χ2n) is 8.81. The van der Waals surface area contributed by atoms with Crippen LogP contribution in [0, 0.1) is 20.8 Å². The molecule has 5 nitrogen and oxygen atoms in total. The first-order valence-corrected chi connectivity index (χ1v) is 11.5. The van der Waals surface area contributed by atoms with Gasteiger partial charge in [-0.2, -0.15) is 0 Å². The number of methoxy groups -OCH3 is 1. The van der Waals surface area contributed by atoms with Crippen LogP contribution >= 0.6 is 0 Å². The van der Waals surface area contributed by atoms with Crippen LogP contribution in [-0.2, 0) is 13.0 Å². The maximum atomic E-state index is 13.6. The number of para-hydroxylation sites is 1. The first-order valence-electron chi connectivity index (χ1n) is 11.5. The highest BCUT2D eigenvalue weighted by Crippen LogP contribution is 2.22. The summed E-state index contributed by atoms with van der Waals surface area (Å²) in [5.41, 5.74) is 6.28. The van der Waals surface area contributed by atoms with Crippen LogP contribution in [0.15, 0.2) is 71.5 Å². The molecule has 0 aliphatic carbocycles. The molecular formula is C29H30N2O3. The fraction of sp³-hybridized carbons (Fsp3) is 0.241. The molecule has 3 aromatic carbocycles. The Balaban J connectivity index is 1.70. The Morgan fingerprint density at radius 2 is 1.71 bits per heavy atom. The minimum atomic E-state index is -0.177. The van der Waals surface area contributed by atoms with E-state index in [1.807, 2.05) is 37.3 Å². The summed E-state index contributed by atoms with van der Waals surface area (Å²) in [6.07, 6.45) is 0.687. The summed E-state index contributed by atoms with van der Waals surface area (Å²) >= 11 is 0. The third-order valence-electron chi connectivity index (χ3n) is 6.27. The summed E-state index contributed by atoms with van der Waals surface area (Å²) in [6, 6.07) is 21.4. The number of aromatic amines is 1. The number of carbonyl (C=O) groups is 1. The third-order valence-corrected chi connectivity index (χ3v) is 6.27. The number of nitrogens with zero attached hydrogens (tertiary/aromatic N) is 1. The molecule has 1 amide bonds. The minimum absolute atomic E-state index is 0.162. The molecule has 4 aromatic rings. The van der Waals surface area contributed by atoms with Crippen LogP contribution in [-0.4, -0.2) is 29.4 Å². The van der Waals surface area contributed by atoms with E-state index in [1.165, 1.54) is 5.56 Å². The maximum Gasteiger partial charge on any atom is 0.257 e. The number of aryl methyl sites for hydroxylation is 3. The first-order chi connectivity index (χ1) is 16.4. The summed E-state index contributed by atoms with van der Waals surface area (Å²) in [4.78, 5) is 31.3. The van der Waals surface area contributed by atoms with Gasteiger partial charge in [0.2, 0.25) is 0 Å². The van der Waals surface area contributed by atoms with Crippen LogP contribution < -0.4 is 10.3 Å². The number of amides is 1. The fourth-order valence-corrected chi connectivity index (χ4v) is 4.22. The number of rotatable bonds is 7. The molecule has 0 bridgehead atoms. The molecule has 34 heavy (non-hydrogen) atoms. The van der Waals surface area contributed by atoms with Crippen molar-refractivity contribution in [3.8, 4) is 5.75 Å². The number of H-pyrrole nitrogens is 1. The van der Waals surface area contributed by atoms with Gasteiger partial charge in [0.05, 0.1) is 19.2 Å². The van der Waals surface area contributed by atoms with Crippen LogP contribution in [0.3, 0.4) is 0 Å². The van der Waals surface area contributed by atoms with Gasteiger partial charge >= 0.3 is 0 Å². The average Bonchev–Trinajstić information content (AvgIpc) is 2.83. The van der Waals surface area contributed by atoms with Crippen molar-refractivity contribution < 1.29 is 9.53 Å². The average molecular weight is 455 g/mol. The molecule has 1 N–H and O–H groups in total. The zero-order valence-electron chi connectivity index (χ0n) is 20.1. The van der Waals surface area contributed by atoms with Crippen LogP contribution in [0.25, 0.3) is 10.9 Å². The van der Waals surface area contributed by atoms with E-state index in [1.54, 1.807) is 24.1 Å². The predicted molar refractivity (Wildman–Crippen MR) is 137 cm³/mol. The Morgan fingerprint density at radius 3 is 2.47 bits per heavy atom. The summed E-state index contributed by atoms with van der Waals surface area (Å²) in [7, 11) is 1.56. The second-order valence-corrected chi connectivity index (χ2v) is 8.81. The number of ether oxygens (including phenoxy) is 1. The number of fused-ring (bicyclic) bond motifs is 1. The predicted octanol–water partition coefficient (Wildman–Crippen LogP) is 5.35. The zero-order valence-corrected chi connectivity index (χ0v) is 20.1. The number of pyridine rings is 1. The van der Waals surface area contributed by atoms with Gasteiger partial charge in [-0.25, -0.2) is 0 Å². The van der Waals surface area contributed by atoms with Gasteiger partial charge in [0.1, 0.15) is 5.75 Å². The van der Waals surface area contributed by atoms with E-state index in [2.05, 4.69) is 43.1 Å². The van der Waals surface area contributed by atoms with Gasteiger partial charge in [0.25, 0.3) is 11.5 Å². The van der Waals surface area contributed by atoms with Crippen LogP contribution in [0.5, 0.6) is 5.75 Å². The number of carbonyl (C=O) groups excluding carboxylic acids is 1. The highest BCUT2D eigenvalue weighted by molar-refractivity contribution is 5.97. The zero-order chi connectivity index (χ0) is 24.2. The molecule has 1 heterocycles. The topological polar surface area (TPSA) is 62.4 Å². The molecule has 0 aliphatic rings. The highest BCUT2D eigenvalue weighted by Gasteiger charge is 2.21. The van der Waals surface area contributed by atoms with Crippen molar-refractivity contribution in [3.63, 3.8) is 0 Å². The first kappa shape index (κ1) is 23.3. The molecule has 5 heteroatoms. The molecule has 0 saturated carbocycles. The van der Waals surface area contributed by atoms with E-state index >= 15 is 0 Å². The Hall–Kier alpha value is -3.86. The van der Waals surface area contributed by atoms with Crippen molar-refractivity contribution in [2.75, 3.05) is 13.7 Å². The van der Waals surface area contributed by atoms with Crippen LogP contribution in [0.1, 0.15) is 38.2 Å². The van der Waals surface area contributed by atoms with E-state index in [0.29, 0.717) is 29.8 Å². The van der Waals surface area contributed by atoms with Gasteiger partial charge < -0.3 is 14.6 Å². The lowest BCUT2D eigenvalue weighted by molar-refractivity contribution is 0.0741. The third kappa shape index (κ3) is 5.04. The van der Waals surface area contributed by atoms with Crippen molar-refractivity contribution in [2.45, 2.75) is 33.7 Å². The Morgan fingerprint density at radius 1 is 0.941 bits per heavy atom. The largest absolute Gasteiger partial charge is 0.496 e. The molecule has 0 fully saturated rings. The van der Waals surface area contributed by atoms with E-state index < -0.39 is 0 Å². The minimum Gasteiger partial charge on any atom is -0.496 e. The Kier molecular flexibility index (Phi) is 6.82. The summed E-state index contributed by atoms with van der Waals surface area (Å²) in [5, 5.41) is 0.959. The lowest BCUT2D eigenvalue weighted by atomic mass is 10.0. The molecular weight excluding hydrogens is 424 g/mol. The maximum absolute atomic E-state index is 13.6. The molecule has 0 radical (unpaired) electrons. The van der Waals surface area contributed by atoms with Crippen LogP contribution in [0.4, 0.5) is 0 Å². The normalized spacial score (nSPS) is 10.9. The summed E-state index contributed by atoms with van der Waals surface area (Å²) < 4.78 is 5.44. The molecule has 4 rings (SSSR count). The van der Waals surface area contributed by atoms with E-state index in [-0.39, 0.29) is 18.0 Å². The molecule has 0 unspecified atom stereocenters. The Labute approximate surface area is 200 Å².